The Kier molecular flexibility index (Phi) is 6.49. The minimum Gasteiger partial charge on any atom is -0.479 e. The predicted octanol–water partition coefficient (Wildman–Crippen LogP) is 4.12. The average molecular weight is 328 g/mol. The van der Waals surface area contributed by atoms with Gasteiger partial charge in [0, 0.05) is 11.8 Å². The lowest BCUT2D eigenvalue weighted by Crippen LogP contribution is -2.28. The lowest BCUT2D eigenvalue weighted by Gasteiger charge is -2.18. The molecule has 0 saturated heterocycles. The molecule has 0 aliphatic heterocycles. The highest BCUT2D eigenvalue weighted by Crippen LogP contribution is 2.28. The van der Waals surface area contributed by atoms with E-state index in [1.165, 1.54) is 7.11 Å². The standard InChI is InChI=1S/C19H24N2O3/c1-3-4-10-18(19(22)23-2)24-15-11-12-16(20)17(13-15)21-14-8-6-5-7-9-14/h5-9,11-13,18,21H,3-4,10,20H2,1-2H3. The normalized spacial score (nSPS) is 11.6. The van der Waals surface area contributed by atoms with E-state index in [1.54, 1.807) is 18.2 Å². The van der Waals surface area contributed by atoms with Gasteiger partial charge in [0.2, 0.25) is 0 Å². The van der Waals surface area contributed by atoms with Crippen LogP contribution in [0.1, 0.15) is 26.2 Å². The third-order valence-corrected chi connectivity index (χ3v) is 3.64. The number of nitrogen functional groups attached to an aromatic ring is 1. The summed E-state index contributed by atoms with van der Waals surface area (Å²) in [6.45, 7) is 2.07. The van der Waals surface area contributed by atoms with Gasteiger partial charge in [-0.2, -0.15) is 0 Å². The van der Waals surface area contributed by atoms with E-state index < -0.39 is 6.10 Å². The number of rotatable bonds is 8. The van der Waals surface area contributed by atoms with Crippen molar-refractivity contribution in [2.24, 2.45) is 0 Å². The summed E-state index contributed by atoms with van der Waals surface area (Å²) in [5, 5.41) is 3.25. The van der Waals surface area contributed by atoms with Crippen LogP contribution in [-0.4, -0.2) is 19.2 Å². The van der Waals surface area contributed by atoms with E-state index in [0.29, 0.717) is 17.9 Å². The van der Waals surface area contributed by atoms with Crippen LogP contribution in [-0.2, 0) is 9.53 Å². The van der Waals surface area contributed by atoms with Crippen LogP contribution in [0.15, 0.2) is 48.5 Å². The molecule has 0 bridgehead atoms. The van der Waals surface area contributed by atoms with Crippen molar-refractivity contribution in [2.45, 2.75) is 32.3 Å². The highest BCUT2D eigenvalue weighted by Gasteiger charge is 2.20. The molecule has 1 unspecified atom stereocenters. The third kappa shape index (κ3) is 4.91. The smallest absolute Gasteiger partial charge is 0.347 e. The molecular formula is C19H24N2O3. The van der Waals surface area contributed by atoms with E-state index in [2.05, 4.69) is 12.2 Å². The van der Waals surface area contributed by atoms with Gasteiger partial charge >= 0.3 is 5.97 Å². The topological polar surface area (TPSA) is 73.6 Å². The second-order valence-electron chi connectivity index (χ2n) is 5.51. The van der Waals surface area contributed by atoms with Crippen LogP contribution in [0.25, 0.3) is 0 Å². The van der Waals surface area contributed by atoms with Crippen LogP contribution in [0.2, 0.25) is 0 Å². The zero-order valence-corrected chi connectivity index (χ0v) is 14.1. The van der Waals surface area contributed by atoms with Gasteiger partial charge in [-0.15, -0.1) is 0 Å². The molecule has 2 aromatic rings. The maximum absolute atomic E-state index is 11.9. The average Bonchev–Trinajstić information content (AvgIpc) is 2.61. The quantitative estimate of drug-likeness (QED) is 0.563. The summed E-state index contributed by atoms with van der Waals surface area (Å²) in [6, 6.07) is 15.0. The van der Waals surface area contributed by atoms with Crippen molar-refractivity contribution in [1.29, 1.82) is 0 Å². The van der Waals surface area contributed by atoms with Crippen LogP contribution in [0, 0.1) is 0 Å². The van der Waals surface area contributed by atoms with Crippen LogP contribution in [0.4, 0.5) is 17.1 Å². The SMILES string of the molecule is CCCCC(Oc1ccc(N)c(Nc2ccccc2)c1)C(=O)OC. The number of carbonyl (C=O) groups is 1. The van der Waals surface area contributed by atoms with Gasteiger partial charge in [-0.05, 0) is 37.1 Å². The fourth-order valence-electron chi connectivity index (χ4n) is 2.30. The first-order valence-electron chi connectivity index (χ1n) is 8.10. The predicted molar refractivity (Wildman–Crippen MR) is 96.5 cm³/mol. The Bertz CT molecular complexity index is 659. The number of esters is 1. The van der Waals surface area contributed by atoms with Crippen molar-refractivity contribution in [3.8, 4) is 5.75 Å². The summed E-state index contributed by atoms with van der Waals surface area (Å²) in [4.78, 5) is 11.9. The molecule has 0 saturated carbocycles. The molecule has 5 heteroatoms. The van der Waals surface area contributed by atoms with Gasteiger partial charge in [0.1, 0.15) is 5.75 Å². The van der Waals surface area contributed by atoms with Crippen LogP contribution in [0.5, 0.6) is 5.75 Å². The fourth-order valence-corrected chi connectivity index (χ4v) is 2.30. The lowest BCUT2D eigenvalue weighted by atomic mass is 10.1. The molecule has 0 spiro atoms. The van der Waals surface area contributed by atoms with Crippen LogP contribution >= 0.6 is 0 Å². The van der Waals surface area contributed by atoms with Crippen molar-refractivity contribution in [3.63, 3.8) is 0 Å². The minimum absolute atomic E-state index is 0.363. The van der Waals surface area contributed by atoms with Crippen molar-refractivity contribution in [2.75, 3.05) is 18.2 Å². The highest BCUT2D eigenvalue weighted by atomic mass is 16.6. The van der Waals surface area contributed by atoms with Crippen molar-refractivity contribution >= 4 is 23.0 Å². The first kappa shape index (κ1) is 17.7. The first-order chi connectivity index (χ1) is 11.6. The number of benzene rings is 2. The number of methoxy groups -OCH3 is 1. The van der Waals surface area contributed by atoms with Crippen molar-refractivity contribution < 1.29 is 14.3 Å². The van der Waals surface area contributed by atoms with Gasteiger partial charge in [0.15, 0.2) is 6.10 Å². The molecule has 0 aliphatic rings. The van der Waals surface area contributed by atoms with E-state index >= 15 is 0 Å². The maximum atomic E-state index is 11.9. The molecule has 0 amide bonds. The minimum atomic E-state index is -0.608. The molecule has 0 radical (unpaired) electrons. The second-order valence-corrected chi connectivity index (χ2v) is 5.51. The van der Waals surface area contributed by atoms with Gasteiger partial charge in [-0.1, -0.05) is 31.5 Å². The maximum Gasteiger partial charge on any atom is 0.347 e. The molecule has 5 nitrogen and oxygen atoms in total. The molecular weight excluding hydrogens is 304 g/mol. The monoisotopic (exact) mass is 328 g/mol. The van der Waals surface area contributed by atoms with Gasteiger partial charge in [-0.25, -0.2) is 4.79 Å². The summed E-state index contributed by atoms with van der Waals surface area (Å²) in [5.74, 6) is 0.215. The summed E-state index contributed by atoms with van der Waals surface area (Å²) >= 11 is 0. The largest absolute Gasteiger partial charge is 0.479 e. The Labute approximate surface area is 142 Å². The number of carbonyl (C=O) groups excluding carboxylic acids is 1. The Hall–Kier alpha value is -2.69. The molecule has 3 N–H and O–H groups in total. The number of nitrogens with two attached hydrogens (primary N) is 1. The number of unbranched alkanes of at least 4 members (excludes halogenated alkanes) is 1. The molecule has 1 atom stereocenters. The molecule has 0 fully saturated rings. The molecule has 2 aromatic carbocycles. The molecule has 24 heavy (non-hydrogen) atoms. The summed E-state index contributed by atoms with van der Waals surface area (Å²) in [7, 11) is 1.37. The van der Waals surface area contributed by atoms with E-state index in [0.717, 1.165) is 24.2 Å². The molecule has 2 rings (SSSR count). The van der Waals surface area contributed by atoms with Crippen LogP contribution < -0.4 is 15.8 Å². The lowest BCUT2D eigenvalue weighted by molar-refractivity contribution is -0.149. The Morgan fingerprint density at radius 3 is 2.62 bits per heavy atom. The summed E-state index contributed by atoms with van der Waals surface area (Å²) in [6.07, 6.45) is 1.89. The second kappa shape index (κ2) is 8.82. The van der Waals surface area contributed by atoms with Crippen LogP contribution in [0.3, 0.4) is 0 Å². The molecule has 0 heterocycles. The van der Waals surface area contributed by atoms with E-state index in [-0.39, 0.29) is 5.97 Å². The Morgan fingerprint density at radius 2 is 1.96 bits per heavy atom. The fraction of sp³-hybridized carbons (Fsp3) is 0.316. The highest BCUT2D eigenvalue weighted by molar-refractivity contribution is 5.76. The number of anilines is 3. The molecule has 128 valence electrons. The summed E-state index contributed by atoms with van der Waals surface area (Å²) < 4.78 is 10.7. The van der Waals surface area contributed by atoms with Crippen molar-refractivity contribution in [1.82, 2.24) is 0 Å². The molecule has 0 aromatic heterocycles. The number of nitrogens with one attached hydrogen (secondary N) is 1. The van der Waals surface area contributed by atoms with Gasteiger partial charge in [-0.3, -0.25) is 0 Å². The van der Waals surface area contributed by atoms with Gasteiger partial charge in [0.05, 0.1) is 18.5 Å². The summed E-state index contributed by atoms with van der Waals surface area (Å²) in [5.41, 5.74) is 8.29. The zero-order valence-electron chi connectivity index (χ0n) is 14.1. The van der Waals surface area contributed by atoms with Gasteiger partial charge in [0.25, 0.3) is 0 Å². The Morgan fingerprint density at radius 1 is 1.21 bits per heavy atom. The Balaban J connectivity index is 2.15. The first-order valence-corrected chi connectivity index (χ1v) is 8.10. The van der Waals surface area contributed by atoms with Crippen molar-refractivity contribution in [3.05, 3.63) is 48.5 Å². The van der Waals surface area contributed by atoms with E-state index in [9.17, 15) is 4.79 Å². The van der Waals surface area contributed by atoms with Gasteiger partial charge < -0.3 is 20.5 Å². The van der Waals surface area contributed by atoms with E-state index in [4.69, 9.17) is 15.2 Å². The number of hydrogen-bond donors (Lipinski definition) is 2. The zero-order chi connectivity index (χ0) is 17.4. The molecule has 0 aliphatic carbocycles. The number of hydrogen-bond acceptors (Lipinski definition) is 5. The number of ether oxygens (including phenoxy) is 2. The third-order valence-electron chi connectivity index (χ3n) is 3.64. The van der Waals surface area contributed by atoms with E-state index in [1.807, 2.05) is 30.3 Å². The number of para-hydroxylation sites is 1.